The first-order valence-electron chi connectivity index (χ1n) is 5.68. The van der Waals surface area contributed by atoms with E-state index in [9.17, 15) is 0 Å². The maximum absolute atomic E-state index is 5.17. The Morgan fingerprint density at radius 3 is 3.00 bits per heavy atom. The fourth-order valence-electron chi connectivity index (χ4n) is 1.36. The molecule has 0 amide bonds. The number of rotatable bonds is 7. The number of aromatic nitrogens is 2. The van der Waals surface area contributed by atoms with Crippen molar-refractivity contribution in [2.24, 2.45) is 0 Å². The van der Waals surface area contributed by atoms with Crippen molar-refractivity contribution < 1.29 is 9.47 Å². The SMILES string of the molecule is COCCSc1nnc(Nc2cccc(OC)c2)s1. The summed E-state index contributed by atoms with van der Waals surface area (Å²) in [4.78, 5) is 0. The van der Waals surface area contributed by atoms with Gasteiger partial charge in [-0.2, -0.15) is 0 Å². The lowest BCUT2D eigenvalue weighted by atomic mass is 10.3. The lowest BCUT2D eigenvalue weighted by Gasteiger charge is -2.04. The molecule has 0 saturated heterocycles. The Hall–Kier alpha value is -1.31. The molecule has 2 aromatic rings. The Balaban J connectivity index is 1.95. The maximum Gasteiger partial charge on any atom is 0.210 e. The van der Waals surface area contributed by atoms with Crippen molar-refractivity contribution in [3.63, 3.8) is 0 Å². The minimum atomic E-state index is 0.711. The molecule has 1 aromatic heterocycles. The van der Waals surface area contributed by atoms with E-state index in [-0.39, 0.29) is 0 Å². The lowest BCUT2D eigenvalue weighted by Crippen LogP contribution is -1.90. The number of hydrogen-bond acceptors (Lipinski definition) is 7. The van der Waals surface area contributed by atoms with Gasteiger partial charge in [0.2, 0.25) is 5.13 Å². The van der Waals surface area contributed by atoms with Crippen LogP contribution in [-0.2, 0) is 4.74 Å². The molecule has 102 valence electrons. The normalized spacial score (nSPS) is 10.4. The quantitative estimate of drug-likeness (QED) is 0.626. The maximum atomic E-state index is 5.17. The van der Waals surface area contributed by atoms with Gasteiger partial charge in [0.25, 0.3) is 0 Å². The van der Waals surface area contributed by atoms with E-state index in [2.05, 4.69) is 15.5 Å². The zero-order chi connectivity index (χ0) is 13.5. The van der Waals surface area contributed by atoms with E-state index < -0.39 is 0 Å². The highest BCUT2D eigenvalue weighted by Crippen LogP contribution is 2.28. The molecular weight excluding hydrogens is 282 g/mol. The van der Waals surface area contributed by atoms with Crippen molar-refractivity contribution in [1.29, 1.82) is 0 Å². The molecule has 0 radical (unpaired) electrons. The van der Waals surface area contributed by atoms with E-state index in [0.29, 0.717) is 6.61 Å². The summed E-state index contributed by atoms with van der Waals surface area (Å²) in [5, 5.41) is 12.2. The summed E-state index contributed by atoms with van der Waals surface area (Å²) in [6.07, 6.45) is 0. The fraction of sp³-hybridized carbons (Fsp3) is 0.333. The van der Waals surface area contributed by atoms with Crippen LogP contribution in [0.1, 0.15) is 0 Å². The molecule has 2 rings (SSSR count). The lowest BCUT2D eigenvalue weighted by molar-refractivity contribution is 0.218. The van der Waals surface area contributed by atoms with Gasteiger partial charge in [-0.15, -0.1) is 10.2 Å². The van der Waals surface area contributed by atoms with E-state index in [0.717, 1.165) is 26.7 Å². The van der Waals surface area contributed by atoms with Crippen LogP contribution in [0, 0.1) is 0 Å². The Labute approximate surface area is 120 Å². The average molecular weight is 297 g/mol. The third kappa shape index (κ3) is 4.38. The van der Waals surface area contributed by atoms with Crippen molar-refractivity contribution in [1.82, 2.24) is 10.2 Å². The first kappa shape index (κ1) is 14.1. The van der Waals surface area contributed by atoms with Gasteiger partial charge >= 0.3 is 0 Å². The third-order valence-corrected chi connectivity index (χ3v) is 4.18. The number of hydrogen-bond donors (Lipinski definition) is 1. The van der Waals surface area contributed by atoms with Gasteiger partial charge in [0.15, 0.2) is 4.34 Å². The highest BCUT2D eigenvalue weighted by molar-refractivity contribution is 8.01. The predicted molar refractivity (Wildman–Crippen MR) is 78.8 cm³/mol. The summed E-state index contributed by atoms with van der Waals surface area (Å²) in [6.45, 7) is 0.711. The van der Waals surface area contributed by atoms with Gasteiger partial charge < -0.3 is 14.8 Å². The Morgan fingerprint density at radius 2 is 2.21 bits per heavy atom. The zero-order valence-electron chi connectivity index (χ0n) is 10.8. The third-order valence-electron chi connectivity index (χ3n) is 2.24. The molecule has 1 aromatic carbocycles. The van der Waals surface area contributed by atoms with Crippen LogP contribution in [0.5, 0.6) is 5.75 Å². The molecule has 0 fully saturated rings. The highest BCUT2D eigenvalue weighted by Gasteiger charge is 2.05. The summed E-state index contributed by atoms with van der Waals surface area (Å²) < 4.78 is 11.1. The number of anilines is 2. The number of benzene rings is 1. The second-order valence-corrected chi connectivity index (χ2v) is 5.89. The van der Waals surface area contributed by atoms with Gasteiger partial charge in [0.05, 0.1) is 13.7 Å². The zero-order valence-corrected chi connectivity index (χ0v) is 12.4. The van der Waals surface area contributed by atoms with Crippen LogP contribution < -0.4 is 10.1 Å². The van der Waals surface area contributed by atoms with E-state index in [4.69, 9.17) is 9.47 Å². The Morgan fingerprint density at radius 1 is 1.32 bits per heavy atom. The molecule has 0 aliphatic carbocycles. The van der Waals surface area contributed by atoms with Crippen molar-refractivity contribution in [3.8, 4) is 5.75 Å². The van der Waals surface area contributed by atoms with E-state index in [1.807, 2.05) is 24.3 Å². The van der Waals surface area contributed by atoms with Crippen molar-refractivity contribution >= 4 is 33.9 Å². The molecule has 0 bridgehead atoms. The molecule has 0 atom stereocenters. The largest absolute Gasteiger partial charge is 0.497 e. The molecule has 0 saturated carbocycles. The molecule has 0 aliphatic heterocycles. The van der Waals surface area contributed by atoms with Crippen LogP contribution in [-0.4, -0.2) is 36.8 Å². The number of nitrogens with one attached hydrogen (secondary N) is 1. The van der Waals surface area contributed by atoms with Crippen LogP contribution in [0.2, 0.25) is 0 Å². The number of ether oxygens (including phenoxy) is 2. The molecular formula is C12H15N3O2S2. The number of nitrogens with zero attached hydrogens (tertiary/aromatic N) is 2. The predicted octanol–water partition coefficient (Wildman–Crippen LogP) is 3.03. The molecule has 0 aliphatic rings. The fourth-order valence-corrected chi connectivity index (χ4v) is 3.10. The molecule has 1 heterocycles. The second-order valence-electron chi connectivity index (χ2n) is 3.57. The van der Waals surface area contributed by atoms with Crippen LogP contribution >= 0.6 is 23.1 Å². The summed E-state index contributed by atoms with van der Waals surface area (Å²) in [6, 6.07) is 7.70. The smallest absolute Gasteiger partial charge is 0.210 e. The molecule has 1 N–H and O–H groups in total. The van der Waals surface area contributed by atoms with Gasteiger partial charge in [0.1, 0.15) is 5.75 Å². The topological polar surface area (TPSA) is 56.3 Å². The van der Waals surface area contributed by atoms with Gasteiger partial charge in [0, 0.05) is 24.6 Å². The average Bonchev–Trinajstić information content (AvgIpc) is 2.87. The number of thioether (sulfide) groups is 1. The van der Waals surface area contributed by atoms with Crippen molar-refractivity contribution in [2.75, 3.05) is 31.9 Å². The van der Waals surface area contributed by atoms with Gasteiger partial charge in [-0.1, -0.05) is 29.2 Å². The number of methoxy groups -OCH3 is 2. The van der Waals surface area contributed by atoms with Crippen molar-refractivity contribution in [2.45, 2.75) is 4.34 Å². The molecule has 19 heavy (non-hydrogen) atoms. The van der Waals surface area contributed by atoms with E-state index in [1.165, 1.54) is 11.3 Å². The monoisotopic (exact) mass is 297 g/mol. The van der Waals surface area contributed by atoms with E-state index >= 15 is 0 Å². The van der Waals surface area contributed by atoms with Gasteiger partial charge in [-0.25, -0.2) is 0 Å². The van der Waals surface area contributed by atoms with Crippen LogP contribution in [0.15, 0.2) is 28.6 Å². The summed E-state index contributed by atoms with van der Waals surface area (Å²) in [5.74, 6) is 1.69. The van der Waals surface area contributed by atoms with Crippen LogP contribution in [0.4, 0.5) is 10.8 Å². The first-order valence-corrected chi connectivity index (χ1v) is 7.48. The minimum absolute atomic E-state index is 0.711. The molecule has 0 spiro atoms. The highest BCUT2D eigenvalue weighted by atomic mass is 32.2. The standard InChI is InChI=1S/C12H15N3O2S2/c1-16-6-7-18-12-15-14-11(19-12)13-9-4-3-5-10(8-9)17-2/h3-5,8H,6-7H2,1-2H3,(H,13,14). The first-order chi connectivity index (χ1) is 9.31. The molecule has 5 nitrogen and oxygen atoms in total. The second kappa shape index (κ2) is 7.32. The van der Waals surface area contributed by atoms with Crippen molar-refractivity contribution in [3.05, 3.63) is 24.3 Å². The Bertz CT molecular complexity index is 519. The van der Waals surface area contributed by atoms with Gasteiger partial charge in [-0.3, -0.25) is 0 Å². The minimum Gasteiger partial charge on any atom is -0.497 e. The van der Waals surface area contributed by atoms with Crippen LogP contribution in [0.3, 0.4) is 0 Å². The summed E-state index contributed by atoms with van der Waals surface area (Å²) >= 11 is 3.16. The summed E-state index contributed by atoms with van der Waals surface area (Å²) in [5.41, 5.74) is 0.934. The summed E-state index contributed by atoms with van der Waals surface area (Å²) in [7, 11) is 3.34. The molecule has 0 unspecified atom stereocenters. The Kier molecular flexibility index (Phi) is 5.44. The van der Waals surface area contributed by atoms with E-state index in [1.54, 1.807) is 26.0 Å². The van der Waals surface area contributed by atoms with Crippen LogP contribution in [0.25, 0.3) is 0 Å². The molecule has 7 heteroatoms. The van der Waals surface area contributed by atoms with Gasteiger partial charge in [-0.05, 0) is 12.1 Å².